The van der Waals surface area contributed by atoms with Crippen LogP contribution in [0.5, 0.6) is 0 Å². The Morgan fingerprint density at radius 3 is 2.26 bits per heavy atom. The maximum atomic E-state index is 2.51. The minimum atomic E-state index is 0.271. The van der Waals surface area contributed by atoms with Crippen LogP contribution in [0.3, 0.4) is 0 Å². The van der Waals surface area contributed by atoms with Gasteiger partial charge < -0.3 is 0 Å². The minimum absolute atomic E-state index is 0.271. The predicted octanol–water partition coefficient (Wildman–Crippen LogP) is 7.18. The van der Waals surface area contributed by atoms with Crippen molar-refractivity contribution in [2.75, 3.05) is 0 Å². The Hall–Kier alpha value is -1.56. The molecule has 0 saturated carbocycles. The molecule has 0 amide bonds. The lowest BCUT2D eigenvalue weighted by atomic mass is 9.68. The van der Waals surface area contributed by atoms with Crippen molar-refractivity contribution in [3.05, 3.63) is 59.2 Å². The number of allylic oxidation sites excluding steroid dienone is 5. The van der Waals surface area contributed by atoms with Crippen LogP contribution in [0.25, 0.3) is 11.6 Å². The van der Waals surface area contributed by atoms with Crippen LogP contribution in [0.15, 0.2) is 48.1 Å². The molecule has 0 fully saturated rings. The fraction of sp³-hybridized carbons (Fsp3) is 0.478. The van der Waals surface area contributed by atoms with Crippen molar-refractivity contribution in [2.45, 2.75) is 65.2 Å². The third-order valence-corrected chi connectivity index (χ3v) is 5.51. The average molecular weight is 306 g/mol. The molecule has 0 spiro atoms. The zero-order valence-corrected chi connectivity index (χ0v) is 14.8. The van der Waals surface area contributed by atoms with Gasteiger partial charge in [-0.2, -0.15) is 0 Å². The van der Waals surface area contributed by atoms with Crippen molar-refractivity contribution in [1.82, 2.24) is 0 Å². The lowest BCUT2D eigenvalue weighted by molar-refractivity contribution is 0.365. The summed E-state index contributed by atoms with van der Waals surface area (Å²) in [4.78, 5) is 0. The third kappa shape index (κ3) is 3.22. The molecule has 0 aromatic heterocycles. The van der Waals surface area contributed by atoms with E-state index in [-0.39, 0.29) is 5.41 Å². The first-order valence-corrected chi connectivity index (χ1v) is 9.52. The van der Waals surface area contributed by atoms with E-state index in [9.17, 15) is 0 Å². The van der Waals surface area contributed by atoms with E-state index in [0.717, 1.165) is 0 Å². The SMILES string of the molecule is CCCCCC1(CCCCC)C=CC=C2C1=Cc1ccccc12. The lowest BCUT2D eigenvalue weighted by Crippen LogP contribution is -2.23. The number of fused-ring (bicyclic) bond motifs is 3. The molecule has 0 bridgehead atoms. The van der Waals surface area contributed by atoms with E-state index in [4.69, 9.17) is 0 Å². The molecule has 122 valence electrons. The average Bonchev–Trinajstić information content (AvgIpc) is 2.96. The maximum Gasteiger partial charge on any atom is 0.0141 e. The number of hydrogen-bond acceptors (Lipinski definition) is 0. The minimum Gasteiger partial charge on any atom is -0.0739 e. The number of rotatable bonds is 8. The molecule has 0 aliphatic heterocycles. The first-order chi connectivity index (χ1) is 11.3. The van der Waals surface area contributed by atoms with Gasteiger partial charge in [-0.05, 0) is 41.2 Å². The van der Waals surface area contributed by atoms with Crippen LogP contribution >= 0.6 is 0 Å². The molecule has 0 nitrogen and oxygen atoms in total. The Bertz CT molecular complexity index is 617. The van der Waals surface area contributed by atoms with Crippen molar-refractivity contribution >= 4 is 11.6 Å². The van der Waals surface area contributed by atoms with Crippen molar-refractivity contribution in [2.24, 2.45) is 5.41 Å². The summed E-state index contributed by atoms with van der Waals surface area (Å²) >= 11 is 0. The highest BCUT2D eigenvalue weighted by Crippen LogP contribution is 2.52. The molecule has 1 aromatic carbocycles. The summed E-state index contributed by atoms with van der Waals surface area (Å²) < 4.78 is 0. The van der Waals surface area contributed by atoms with Gasteiger partial charge in [0.15, 0.2) is 0 Å². The van der Waals surface area contributed by atoms with Crippen molar-refractivity contribution in [3.63, 3.8) is 0 Å². The second kappa shape index (κ2) is 7.34. The Morgan fingerprint density at radius 2 is 1.57 bits per heavy atom. The standard InChI is InChI=1S/C23H30/c1-3-5-9-15-23(16-10-6-4-2)17-11-14-21-20-13-8-7-12-19(20)18-22(21)23/h7-8,11-14,17-18H,3-6,9-10,15-16H2,1-2H3. The van der Waals surface area contributed by atoms with Crippen LogP contribution in [-0.2, 0) is 0 Å². The van der Waals surface area contributed by atoms with Gasteiger partial charge in [-0.1, -0.05) is 94.9 Å². The van der Waals surface area contributed by atoms with Crippen LogP contribution in [0, 0.1) is 5.41 Å². The molecule has 2 aliphatic carbocycles. The summed E-state index contributed by atoms with van der Waals surface area (Å²) in [5, 5.41) is 0. The Balaban J connectivity index is 1.90. The molecule has 0 N–H and O–H groups in total. The highest BCUT2D eigenvalue weighted by atomic mass is 14.4. The quantitative estimate of drug-likeness (QED) is 0.446. The van der Waals surface area contributed by atoms with E-state index in [0.29, 0.717) is 0 Å². The number of hydrogen-bond donors (Lipinski definition) is 0. The molecule has 0 saturated heterocycles. The van der Waals surface area contributed by atoms with Gasteiger partial charge in [-0.25, -0.2) is 0 Å². The molecule has 0 atom stereocenters. The van der Waals surface area contributed by atoms with Gasteiger partial charge >= 0.3 is 0 Å². The van der Waals surface area contributed by atoms with Crippen LogP contribution in [0.4, 0.5) is 0 Å². The molecule has 2 aliphatic rings. The van der Waals surface area contributed by atoms with Crippen LogP contribution < -0.4 is 0 Å². The molecule has 0 unspecified atom stereocenters. The summed E-state index contributed by atoms with van der Waals surface area (Å²) in [7, 11) is 0. The Morgan fingerprint density at radius 1 is 0.870 bits per heavy atom. The van der Waals surface area contributed by atoms with Gasteiger partial charge in [-0.15, -0.1) is 0 Å². The molecule has 23 heavy (non-hydrogen) atoms. The summed E-state index contributed by atoms with van der Waals surface area (Å²) in [6, 6.07) is 8.89. The fourth-order valence-electron chi connectivity index (χ4n) is 4.20. The summed E-state index contributed by atoms with van der Waals surface area (Å²) in [5.74, 6) is 0. The van der Waals surface area contributed by atoms with Crippen molar-refractivity contribution < 1.29 is 0 Å². The fourth-order valence-corrected chi connectivity index (χ4v) is 4.20. The first-order valence-electron chi connectivity index (χ1n) is 9.52. The number of benzene rings is 1. The second-order valence-electron chi connectivity index (χ2n) is 7.16. The van der Waals surface area contributed by atoms with Crippen molar-refractivity contribution in [3.8, 4) is 0 Å². The molecule has 0 heteroatoms. The summed E-state index contributed by atoms with van der Waals surface area (Å²) in [6.45, 7) is 4.60. The van der Waals surface area contributed by atoms with Crippen LogP contribution in [0.1, 0.15) is 76.3 Å². The molecular weight excluding hydrogens is 276 g/mol. The molecular formula is C23H30. The Kier molecular flexibility index (Phi) is 5.20. The highest BCUT2D eigenvalue weighted by molar-refractivity contribution is 5.97. The van der Waals surface area contributed by atoms with E-state index in [2.05, 4.69) is 62.4 Å². The lowest BCUT2D eigenvalue weighted by Gasteiger charge is -2.36. The Labute approximate surface area is 142 Å². The van der Waals surface area contributed by atoms with Crippen LogP contribution in [0.2, 0.25) is 0 Å². The molecule has 0 heterocycles. The maximum absolute atomic E-state index is 2.51. The van der Waals surface area contributed by atoms with E-state index in [1.165, 1.54) is 68.1 Å². The van der Waals surface area contributed by atoms with Gasteiger partial charge in [-0.3, -0.25) is 0 Å². The molecule has 3 rings (SSSR count). The van der Waals surface area contributed by atoms with Gasteiger partial charge in [0.2, 0.25) is 0 Å². The zero-order valence-electron chi connectivity index (χ0n) is 14.8. The van der Waals surface area contributed by atoms with Gasteiger partial charge in [0, 0.05) is 5.41 Å². The topological polar surface area (TPSA) is 0 Å². The third-order valence-electron chi connectivity index (χ3n) is 5.51. The van der Waals surface area contributed by atoms with Gasteiger partial charge in [0.25, 0.3) is 0 Å². The molecule has 1 aromatic rings. The normalized spacial score (nSPS) is 17.5. The summed E-state index contributed by atoms with van der Waals surface area (Å²) in [5.41, 5.74) is 6.19. The van der Waals surface area contributed by atoms with E-state index in [1.807, 2.05) is 0 Å². The van der Waals surface area contributed by atoms with Gasteiger partial charge in [0.05, 0.1) is 0 Å². The largest absolute Gasteiger partial charge is 0.0739 e. The first kappa shape index (κ1) is 16.3. The smallest absolute Gasteiger partial charge is 0.0141 e. The predicted molar refractivity (Wildman–Crippen MR) is 102 cm³/mol. The van der Waals surface area contributed by atoms with E-state index in [1.54, 1.807) is 5.57 Å². The van der Waals surface area contributed by atoms with E-state index >= 15 is 0 Å². The highest BCUT2D eigenvalue weighted by Gasteiger charge is 2.37. The van der Waals surface area contributed by atoms with E-state index < -0.39 is 0 Å². The second-order valence-corrected chi connectivity index (χ2v) is 7.16. The van der Waals surface area contributed by atoms with Crippen molar-refractivity contribution in [1.29, 1.82) is 0 Å². The monoisotopic (exact) mass is 306 g/mol. The van der Waals surface area contributed by atoms with Gasteiger partial charge in [0.1, 0.15) is 0 Å². The summed E-state index contributed by atoms with van der Waals surface area (Å²) in [6.07, 6.45) is 20.2. The zero-order chi connectivity index (χ0) is 16.1. The number of unbranched alkanes of at least 4 members (excludes halogenated alkanes) is 4. The van der Waals surface area contributed by atoms with Crippen LogP contribution in [-0.4, -0.2) is 0 Å². The molecule has 0 radical (unpaired) electrons.